The Morgan fingerprint density at radius 2 is 1.41 bits per heavy atom. The van der Waals surface area contributed by atoms with Crippen LogP contribution in [0.25, 0.3) is 11.1 Å². The normalized spacial score (nSPS) is 15.5. The third kappa shape index (κ3) is 2.82. The van der Waals surface area contributed by atoms with E-state index in [-0.39, 0.29) is 18.0 Å². The summed E-state index contributed by atoms with van der Waals surface area (Å²) >= 11 is 0. The van der Waals surface area contributed by atoms with E-state index in [9.17, 15) is 4.79 Å². The molecule has 2 nitrogen and oxygen atoms in total. The Morgan fingerprint density at radius 3 is 1.82 bits per heavy atom. The number of esters is 1. The van der Waals surface area contributed by atoms with Gasteiger partial charge in [-0.1, -0.05) is 67.6 Å². The van der Waals surface area contributed by atoms with E-state index in [2.05, 4.69) is 24.3 Å². The predicted molar refractivity (Wildman–Crippen MR) is 89.0 cm³/mol. The summed E-state index contributed by atoms with van der Waals surface area (Å²) in [6, 6.07) is 20.2. The van der Waals surface area contributed by atoms with Crippen molar-refractivity contribution >= 4 is 17.1 Å². The van der Waals surface area contributed by atoms with Crippen molar-refractivity contribution in [1.29, 1.82) is 0 Å². The third-order valence-corrected chi connectivity index (χ3v) is 4.08. The molecule has 0 saturated heterocycles. The Labute approximate surface area is 131 Å². The van der Waals surface area contributed by atoms with Gasteiger partial charge in [-0.25, -0.2) is 0 Å². The molecule has 22 heavy (non-hydrogen) atoms. The van der Waals surface area contributed by atoms with Crippen LogP contribution in [0.1, 0.15) is 31.4 Å². The molecular formula is C20H20O2. The van der Waals surface area contributed by atoms with Gasteiger partial charge >= 0.3 is 5.97 Å². The second-order valence-electron chi connectivity index (χ2n) is 5.65. The highest BCUT2D eigenvalue weighted by Crippen LogP contribution is 2.53. The van der Waals surface area contributed by atoms with E-state index in [1.165, 1.54) is 0 Å². The Hall–Kier alpha value is -2.35. The third-order valence-electron chi connectivity index (χ3n) is 4.08. The highest BCUT2D eigenvalue weighted by atomic mass is 16.5. The molecule has 3 rings (SSSR count). The Balaban J connectivity index is 1.91. The minimum absolute atomic E-state index is 0.0397. The summed E-state index contributed by atoms with van der Waals surface area (Å²) in [4.78, 5) is 12.5. The first-order chi connectivity index (χ1) is 10.7. The molecule has 0 bridgehead atoms. The van der Waals surface area contributed by atoms with Gasteiger partial charge in [-0.2, -0.15) is 0 Å². The van der Waals surface area contributed by atoms with Gasteiger partial charge in [0, 0.05) is 0 Å². The van der Waals surface area contributed by atoms with Crippen LogP contribution in [0.5, 0.6) is 0 Å². The van der Waals surface area contributed by atoms with Crippen molar-refractivity contribution in [1.82, 2.24) is 0 Å². The monoisotopic (exact) mass is 292 g/mol. The van der Waals surface area contributed by atoms with Crippen LogP contribution in [0.3, 0.4) is 0 Å². The molecule has 1 unspecified atom stereocenters. The SMILES string of the molecule is CCC(C)OC(=O)C1C(c2ccccc2)=C1c1ccccc1. The van der Waals surface area contributed by atoms with Crippen molar-refractivity contribution < 1.29 is 9.53 Å². The van der Waals surface area contributed by atoms with Gasteiger partial charge in [0.05, 0.1) is 6.10 Å². The van der Waals surface area contributed by atoms with Crippen molar-refractivity contribution in [2.75, 3.05) is 0 Å². The molecule has 2 aromatic rings. The first-order valence-electron chi connectivity index (χ1n) is 7.77. The van der Waals surface area contributed by atoms with Gasteiger partial charge in [0.2, 0.25) is 0 Å². The van der Waals surface area contributed by atoms with Crippen LogP contribution < -0.4 is 0 Å². The van der Waals surface area contributed by atoms with Crippen LogP contribution in [0.4, 0.5) is 0 Å². The van der Waals surface area contributed by atoms with E-state index in [1.54, 1.807) is 0 Å². The van der Waals surface area contributed by atoms with Crippen LogP contribution >= 0.6 is 0 Å². The average molecular weight is 292 g/mol. The first kappa shape index (κ1) is 14.6. The molecule has 1 atom stereocenters. The number of carbonyl (C=O) groups is 1. The summed E-state index contributed by atoms with van der Waals surface area (Å²) in [6.45, 7) is 3.96. The molecule has 0 N–H and O–H groups in total. The van der Waals surface area contributed by atoms with Gasteiger partial charge in [0.15, 0.2) is 0 Å². The van der Waals surface area contributed by atoms with E-state index < -0.39 is 0 Å². The first-order valence-corrected chi connectivity index (χ1v) is 7.77. The minimum atomic E-state index is -0.223. The van der Waals surface area contributed by atoms with Crippen molar-refractivity contribution in [3.05, 3.63) is 71.8 Å². The number of carbonyl (C=O) groups excluding carboxylic acids is 1. The molecular weight excluding hydrogens is 272 g/mol. The number of ether oxygens (including phenoxy) is 1. The van der Waals surface area contributed by atoms with Crippen molar-refractivity contribution in [2.24, 2.45) is 5.92 Å². The summed E-state index contributed by atoms with van der Waals surface area (Å²) in [7, 11) is 0. The largest absolute Gasteiger partial charge is 0.462 e. The zero-order chi connectivity index (χ0) is 15.5. The highest BCUT2D eigenvalue weighted by Gasteiger charge is 2.45. The Kier molecular flexibility index (Phi) is 4.10. The molecule has 0 aliphatic heterocycles. The standard InChI is InChI=1S/C20H20O2/c1-3-14(2)22-20(21)19-17(15-10-6-4-7-11-15)18(19)16-12-8-5-9-13-16/h4-14,19H,3H2,1-2H3. The Bertz CT molecular complexity index is 637. The molecule has 0 aromatic heterocycles. The molecule has 1 aliphatic rings. The second kappa shape index (κ2) is 6.18. The van der Waals surface area contributed by atoms with Gasteiger partial charge in [-0.15, -0.1) is 0 Å². The minimum Gasteiger partial charge on any atom is -0.462 e. The van der Waals surface area contributed by atoms with E-state index in [0.717, 1.165) is 28.7 Å². The van der Waals surface area contributed by atoms with Gasteiger partial charge in [0.1, 0.15) is 5.92 Å². The van der Waals surface area contributed by atoms with Gasteiger partial charge in [-0.3, -0.25) is 4.79 Å². The van der Waals surface area contributed by atoms with Gasteiger partial charge in [-0.05, 0) is 35.6 Å². The topological polar surface area (TPSA) is 26.3 Å². The maximum Gasteiger partial charge on any atom is 0.318 e. The number of hydrogen-bond donors (Lipinski definition) is 0. The Morgan fingerprint density at radius 1 is 0.955 bits per heavy atom. The second-order valence-corrected chi connectivity index (χ2v) is 5.65. The van der Waals surface area contributed by atoms with Crippen LogP contribution in [0.15, 0.2) is 60.7 Å². The van der Waals surface area contributed by atoms with Crippen LogP contribution in [-0.2, 0) is 9.53 Å². The molecule has 112 valence electrons. The highest BCUT2D eigenvalue weighted by molar-refractivity contribution is 6.22. The molecule has 0 amide bonds. The summed E-state index contributed by atoms with van der Waals surface area (Å²) in [5.41, 5.74) is 4.40. The number of hydrogen-bond acceptors (Lipinski definition) is 2. The number of rotatable bonds is 5. The number of benzene rings is 2. The molecule has 1 aliphatic carbocycles. The average Bonchev–Trinajstić information content (AvgIpc) is 3.32. The quantitative estimate of drug-likeness (QED) is 0.755. The molecule has 0 spiro atoms. The lowest BCUT2D eigenvalue weighted by atomic mass is 10.1. The van der Waals surface area contributed by atoms with E-state index in [0.29, 0.717) is 0 Å². The fourth-order valence-electron chi connectivity index (χ4n) is 2.69. The molecule has 0 fully saturated rings. The smallest absolute Gasteiger partial charge is 0.318 e. The summed E-state index contributed by atoms with van der Waals surface area (Å²) in [5.74, 6) is -0.356. The zero-order valence-corrected chi connectivity index (χ0v) is 13.0. The van der Waals surface area contributed by atoms with Gasteiger partial charge < -0.3 is 4.74 Å². The maximum absolute atomic E-state index is 12.5. The van der Waals surface area contributed by atoms with E-state index in [1.807, 2.05) is 50.2 Å². The van der Waals surface area contributed by atoms with Crippen LogP contribution in [0, 0.1) is 5.92 Å². The lowest BCUT2D eigenvalue weighted by molar-refractivity contribution is -0.148. The lowest BCUT2D eigenvalue weighted by Gasteiger charge is -2.11. The predicted octanol–water partition coefficient (Wildman–Crippen LogP) is 4.57. The van der Waals surface area contributed by atoms with Crippen LogP contribution in [0.2, 0.25) is 0 Å². The fraction of sp³-hybridized carbons (Fsp3) is 0.250. The van der Waals surface area contributed by atoms with Gasteiger partial charge in [0.25, 0.3) is 0 Å². The van der Waals surface area contributed by atoms with Crippen molar-refractivity contribution in [3.8, 4) is 0 Å². The lowest BCUT2D eigenvalue weighted by Crippen LogP contribution is -2.17. The van der Waals surface area contributed by atoms with E-state index >= 15 is 0 Å². The zero-order valence-electron chi connectivity index (χ0n) is 13.0. The molecule has 2 aromatic carbocycles. The summed E-state index contributed by atoms with van der Waals surface area (Å²) < 4.78 is 5.55. The van der Waals surface area contributed by atoms with E-state index in [4.69, 9.17) is 4.74 Å². The molecule has 0 radical (unpaired) electrons. The van der Waals surface area contributed by atoms with Crippen LogP contribution in [-0.4, -0.2) is 12.1 Å². The fourth-order valence-corrected chi connectivity index (χ4v) is 2.69. The molecule has 2 heteroatoms. The van der Waals surface area contributed by atoms with Crippen molar-refractivity contribution in [2.45, 2.75) is 26.4 Å². The maximum atomic E-state index is 12.5. The summed E-state index contributed by atoms with van der Waals surface area (Å²) in [5, 5.41) is 0. The molecule has 0 saturated carbocycles. The summed E-state index contributed by atoms with van der Waals surface area (Å²) in [6.07, 6.45) is 0.793. The molecule has 0 heterocycles. The van der Waals surface area contributed by atoms with Crippen molar-refractivity contribution in [3.63, 3.8) is 0 Å².